The number of hydrogen-bond donors (Lipinski definition) is 1. The molecule has 20 heavy (non-hydrogen) atoms. The third-order valence-corrected chi connectivity index (χ3v) is 4.50. The molecular formula is C16H15ClO2S. The number of hydrogen-bond acceptors (Lipinski definition) is 2. The van der Waals surface area contributed by atoms with Crippen LogP contribution >= 0.6 is 23.4 Å². The largest absolute Gasteiger partial charge is 0.480 e. The molecule has 2 rings (SSSR count). The minimum absolute atomic E-state index is 0.410. The van der Waals surface area contributed by atoms with Crippen molar-refractivity contribution in [2.45, 2.75) is 23.5 Å². The predicted molar refractivity (Wildman–Crippen MR) is 83.6 cm³/mol. The Labute approximate surface area is 127 Å². The summed E-state index contributed by atoms with van der Waals surface area (Å²) in [5.74, 6) is -0.824. The molecule has 0 spiro atoms. The summed E-state index contributed by atoms with van der Waals surface area (Å²) < 4.78 is 0. The molecule has 0 saturated heterocycles. The van der Waals surface area contributed by atoms with Crippen LogP contribution in [0.15, 0.2) is 53.4 Å². The van der Waals surface area contributed by atoms with E-state index in [1.807, 2.05) is 49.4 Å². The van der Waals surface area contributed by atoms with Crippen molar-refractivity contribution in [3.63, 3.8) is 0 Å². The summed E-state index contributed by atoms with van der Waals surface area (Å²) in [4.78, 5) is 12.4. The quantitative estimate of drug-likeness (QED) is 0.830. The lowest BCUT2D eigenvalue weighted by Gasteiger charge is -2.13. The van der Waals surface area contributed by atoms with Gasteiger partial charge in [0, 0.05) is 9.92 Å². The Morgan fingerprint density at radius 2 is 1.85 bits per heavy atom. The molecule has 2 nitrogen and oxygen atoms in total. The summed E-state index contributed by atoms with van der Waals surface area (Å²) in [6.45, 7) is 2.01. The summed E-state index contributed by atoms with van der Waals surface area (Å²) in [7, 11) is 0. The number of rotatable bonds is 5. The zero-order chi connectivity index (χ0) is 14.5. The van der Waals surface area contributed by atoms with Gasteiger partial charge in [-0.25, -0.2) is 0 Å². The average Bonchev–Trinajstić information content (AvgIpc) is 2.42. The molecule has 0 aliphatic heterocycles. The van der Waals surface area contributed by atoms with Gasteiger partial charge in [-0.15, -0.1) is 11.8 Å². The molecule has 1 atom stereocenters. The molecule has 4 heteroatoms. The van der Waals surface area contributed by atoms with Gasteiger partial charge in [0.25, 0.3) is 0 Å². The zero-order valence-corrected chi connectivity index (χ0v) is 12.6. The number of carboxylic acid groups (broad SMARTS) is 1. The van der Waals surface area contributed by atoms with Crippen molar-refractivity contribution in [3.8, 4) is 0 Å². The number of carboxylic acids is 1. The Morgan fingerprint density at radius 3 is 2.45 bits per heavy atom. The third-order valence-electron chi connectivity index (χ3n) is 2.94. The summed E-state index contributed by atoms with van der Waals surface area (Å²) in [6.07, 6.45) is 0.410. The highest BCUT2D eigenvalue weighted by atomic mass is 35.5. The first-order chi connectivity index (χ1) is 9.56. The van der Waals surface area contributed by atoms with Crippen LogP contribution in [-0.2, 0) is 11.2 Å². The van der Waals surface area contributed by atoms with Crippen LogP contribution in [-0.4, -0.2) is 16.3 Å². The molecule has 2 aromatic carbocycles. The van der Waals surface area contributed by atoms with Crippen molar-refractivity contribution in [1.82, 2.24) is 0 Å². The van der Waals surface area contributed by atoms with E-state index in [9.17, 15) is 9.90 Å². The first-order valence-electron chi connectivity index (χ1n) is 6.26. The molecule has 104 valence electrons. The highest BCUT2D eigenvalue weighted by Gasteiger charge is 2.20. The van der Waals surface area contributed by atoms with Gasteiger partial charge in [0.15, 0.2) is 0 Å². The minimum atomic E-state index is -0.824. The predicted octanol–water partition coefficient (Wildman–Crippen LogP) is 4.44. The van der Waals surface area contributed by atoms with E-state index in [-0.39, 0.29) is 0 Å². The van der Waals surface area contributed by atoms with Gasteiger partial charge >= 0.3 is 5.97 Å². The maximum absolute atomic E-state index is 11.4. The standard InChI is InChI=1S/C16H15ClO2S/c1-11-6-8-13(9-7-11)20-15(16(18)19)10-12-4-2-3-5-14(12)17/h2-9,15H,10H2,1H3,(H,18,19). The number of halogens is 1. The van der Waals surface area contributed by atoms with E-state index >= 15 is 0 Å². The lowest BCUT2D eigenvalue weighted by atomic mass is 10.1. The topological polar surface area (TPSA) is 37.3 Å². The summed E-state index contributed by atoms with van der Waals surface area (Å²) in [5.41, 5.74) is 2.02. The molecule has 2 aromatic rings. The van der Waals surface area contributed by atoms with Crippen LogP contribution in [0.4, 0.5) is 0 Å². The second kappa shape index (κ2) is 6.82. The maximum atomic E-state index is 11.4. The summed E-state index contributed by atoms with van der Waals surface area (Å²) in [6, 6.07) is 15.2. The molecule has 0 aliphatic carbocycles. The van der Waals surface area contributed by atoms with E-state index in [2.05, 4.69) is 0 Å². The summed E-state index contributed by atoms with van der Waals surface area (Å²) >= 11 is 7.45. The fourth-order valence-electron chi connectivity index (χ4n) is 1.82. The van der Waals surface area contributed by atoms with Gasteiger partial charge in [0.05, 0.1) is 0 Å². The van der Waals surface area contributed by atoms with Gasteiger partial charge in [0.1, 0.15) is 5.25 Å². The normalized spacial score (nSPS) is 12.1. The number of benzene rings is 2. The van der Waals surface area contributed by atoms with Crippen molar-refractivity contribution < 1.29 is 9.90 Å². The highest BCUT2D eigenvalue weighted by Crippen LogP contribution is 2.28. The third kappa shape index (κ3) is 4.02. The Bertz CT molecular complexity index is 596. The van der Waals surface area contributed by atoms with E-state index < -0.39 is 11.2 Å². The van der Waals surface area contributed by atoms with E-state index in [1.165, 1.54) is 11.8 Å². The van der Waals surface area contributed by atoms with Crippen LogP contribution in [0.3, 0.4) is 0 Å². The highest BCUT2D eigenvalue weighted by molar-refractivity contribution is 8.00. The molecule has 0 saturated carbocycles. The van der Waals surface area contributed by atoms with E-state index in [0.29, 0.717) is 11.4 Å². The van der Waals surface area contributed by atoms with Crippen LogP contribution in [0.2, 0.25) is 5.02 Å². The van der Waals surface area contributed by atoms with Crippen LogP contribution in [0.5, 0.6) is 0 Å². The molecule has 0 bridgehead atoms. The SMILES string of the molecule is Cc1ccc(SC(Cc2ccccc2Cl)C(=O)O)cc1. The fraction of sp³-hybridized carbons (Fsp3) is 0.188. The van der Waals surface area contributed by atoms with Crippen LogP contribution in [0.1, 0.15) is 11.1 Å². The molecule has 1 N–H and O–H groups in total. The Morgan fingerprint density at radius 1 is 1.20 bits per heavy atom. The Hall–Kier alpha value is -1.45. The van der Waals surface area contributed by atoms with E-state index in [0.717, 1.165) is 16.0 Å². The molecule has 0 radical (unpaired) electrons. The monoisotopic (exact) mass is 306 g/mol. The molecule has 0 aliphatic rings. The van der Waals surface area contributed by atoms with Crippen LogP contribution in [0, 0.1) is 6.92 Å². The fourth-order valence-corrected chi connectivity index (χ4v) is 3.02. The van der Waals surface area contributed by atoms with Crippen molar-refractivity contribution >= 4 is 29.3 Å². The molecular weight excluding hydrogens is 292 g/mol. The number of carbonyl (C=O) groups is 1. The lowest BCUT2D eigenvalue weighted by Crippen LogP contribution is -2.19. The van der Waals surface area contributed by atoms with Crippen LogP contribution in [0.25, 0.3) is 0 Å². The number of aryl methyl sites for hydroxylation is 1. The summed E-state index contributed by atoms with van der Waals surface area (Å²) in [5, 5.41) is 9.45. The van der Waals surface area contributed by atoms with Crippen molar-refractivity contribution in [3.05, 3.63) is 64.7 Å². The molecule has 1 unspecified atom stereocenters. The molecule has 0 fully saturated rings. The van der Waals surface area contributed by atoms with Gasteiger partial charge in [-0.05, 0) is 37.1 Å². The minimum Gasteiger partial charge on any atom is -0.480 e. The van der Waals surface area contributed by atoms with Crippen LogP contribution < -0.4 is 0 Å². The van der Waals surface area contributed by atoms with Crippen molar-refractivity contribution in [2.24, 2.45) is 0 Å². The number of thioether (sulfide) groups is 1. The Balaban J connectivity index is 2.14. The zero-order valence-electron chi connectivity index (χ0n) is 11.0. The second-order valence-corrected chi connectivity index (χ2v) is 6.24. The van der Waals surface area contributed by atoms with Gasteiger partial charge in [0.2, 0.25) is 0 Å². The van der Waals surface area contributed by atoms with Crippen molar-refractivity contribution in [1.29, 1.82) is 0 Å². The van der Waals surface area contributed by atoms with Gasteiger partial charge < -0.3 is 5.11 Å². The van der Waals surface area contributed by atoms with Crippen molar-refractivity contribution in [2.75, 3.05) is 0 Å². The lowest BCUT2D eigenvalue weighted by molar-refractivity contribution is -0.136. The molecule has 0 amide bonds. The van der Waals surface area contributed by atoms with Gasteiger partial charge in [-0.3, -0.25) is 4.79 Å². The van der Waals surface area contributed by atoms with Gasteiger partial charge in [-0.1, -0.05) is 47.5 Å². The Kier molecular flexibility index (Phi) is 5.10. The van der Waals surface area contributed by atoms with Gasteiger partial charge in [-0.2, -0.15) is 0 Å². The smallest absolute Gasteiger partial charge is 0.317 e. The first kappa shape index (κ1) is 14.9. The number of aliphatic carboxylic acids is 1. The second-order valence-electron chi connectivity index (χ2n) is 4.55. The average molecular weight is 307 g/mol. The molecule has 0 heterocycles. The maximum Gasteiger partial charge on any atom is 0.317 e. The molecule has 0 aromatic heterocycles. The van der Waals surface area contributed by atoms with E-state index in [1.54, 1.807) is 6.07 Å². The first-order valence-corrected chi connectivity index (χ1v) is 7.51. The van der Waals surface area contributed by atoms with E-state index in [4.69, 9.17) is 11.6 Å².